The highest BCUT2D eigenvalue weighted by atomic mass is 127. The molecule has 7 heteroatoms. The third-order valence-corrected chi connectivity index (χ3v) is 5.01. The molecule has 140 valence electrons. The molecule has 0 aliphatic carbocycles. The molecule has 0 aliphatic rings. The quantitative estimate of drug-likeness (QED) is 0.394. The molecule has 1 unspecified atom stereocenters. The van der Waals surface area contributed by atoms with E-state index < -0.39 is 5.72 Å². The molecule has 0 bridgehead atoms. The summed E-state index contributed by atoms with van der Waals surface area (Å²) in [7, 11) is 1.70. The van der Waals surface area contributed by atoms with E-state index in [1.54, 1.807) is 54.9 Å². The smallest absolute Gasteiger partial charge is 0.256 e. The van der Waals surface area contributed by atoms with Crippen molar-refractivity contribution in [1.29, 1.82) is 0 Å². The van der Waals surface area contributed by atoms with Gasteiger partial charge in [-0.15, -0.1) is 0 Å². The van der Waals surface area contributed by atoms with Gasteiger partial charge in [-0.1, -0.05) is 0 Å². The number of carbonyl (C=O) groups excluding carboxylic acids is 1. The molecule has 1 atom stereocenters. The number of ether oxygens (including phenoxy) is 1. The summed E-state index contributed by atoms with van der Waals surface area (Å²) in [6, 6.07) is 13.1. The lowest BCUT2D eigenvalue weighted by atomic mass is 10.1. The molecule has 1 amide bonds. The number of benzene rings is 2. The monoisotopic (exact) mass is 479 g/mol. The zero-order valence-corrected chi connectivity index (χ0v) is 17.1. The van der Waals surface area contributed by atoms with Crippen LogP contribution < -0.4 is 4.74 Å². The van der Waals surface area contributed by atoms with Crippen LogP contribution in [0, 0.1) is 9.39 Å². The van der Waals surface area contributed by atoms with Crippen molar-refractivity contribution in [2.24, 2.45) is 0 Å². The summed E-state index contributed by atoms with van der Waals surface area (Å²) in [6.07, 6.45) is 5.13. The van der Waals surface area contributed by atoms with Crippen molar-refractivity contribution in [1.82, 2.24) is 14.5 Å². The van der Waals surface area contributed by atoms with E-state index in [0.717, 1.165) is 3.57 Å². The van der Waals surface area contributed by atoms with E-state index in [9.17, 15) is 9.18 Å². The van der Waals surface area contributed by atoms with Crippen molar-refractivity contribution in [2.75, 3.05) is 7.05 Å². The molecule has 1 aromatic heterocycles. The van der Waals surface area contributed by atoms with Gasteiger partial charge in [0.2, 0.25) is 0 Å². The Morgan fingerprint density at radius 3 is 2.48 bits per heavy atom. The van der Waals surface area contributed by atoms with Crippen LogP contribution in [-0.2, 0) is 6.54 Å². The fraction of sp³-hybridized carbons (Fsp3) is 0.200. The van der Waals surface area contributed by atoms with Gasteiger partial charge in [0, 0.05) is 28.6 Å². The Morgan fingerprint density at radius 2 is 1.89 bits per heavy atom. The average Bonchev–Trinajstić information content (AvgIpc) is 3.16. The van der Waals surface area contributed by atoms with Crippen LogP contribution in [-0.4, -0.2) is 33.1 Å². The lowest BCUT2D eigenvalue weighted by Gasteiger charge is -2.39. The zero-order valence-electron chi connectivity index (χ0n) is 15.0. The Kier molecular flexibility index (Phi) is 5.79. The number of halogens is 2. The third kappa shape index (κ3) is 4.65. The first-order chi connectivity index (χ1) is 12.9. The van der Waals surface area contributed by atoms with Gasteiger partial charge in [-0.05, 0) is 78.0 Å². The molecular weight excluding hydrogens is 460 g/mol. The van der Waals surface area contributed by atoms with Crippen molar-refractivity contribution < 1.29 is 13.9 Å². The van der Waals surface area contributed by atoms with Crippen molar-refractivity contribution in [3.05, 3.63) is 82.2 Å². The van der Waals surface area contributed by atoms with Crippen LogP contribution in [0.1, 0.15) is 17.3 Å². The van der Waals surface area contributed by atoms with Gasteiger partial charge in [-0.3, -0.25) is 4.79 Å². The standard InChI is InChI=1S/C20H19FIN3O2/c1-20(13-25-12-11-23-14-25,27-18-9-5-16(21)6-10-18)24(2)19(26)15-3-7-17(22)8-4-15/h3-12,14H,13H2,1-2H3. The molecule has 0 radical (unpaired) electrons. The molecule has 3 aromatic rings. The van der Waals surface area contributed by atoms with Crippen LogP contribution in [0.5, 0.6) is 5.75 Å². The number of aromatic nitrogens is 2. The Morgan fingerprint density at radius 1 is 1.22 bits per heavy atom. The van der Waals surface area contributed by atoms with Gasteiger partial charge in [0.25, 0.3) is 5.91 Å². The topological polar surface area (TPSA) is 47.4 Å². The molecule has 0 saturated carbocycles. The first-order valence-electron chi connectivity index (χ1n) is 8.31. The number of hydrogen-bond donors (Lipinski definition) is 0. The molecule has 27 heavy (non-hydrogen) atoms. The largest absolute Gasteiger partial charge is 0.466 e. The normalized spacial score (nSPS) is 13.0. The van der Waals surface area contributed by atoms with Crippen LogP contribution >= 0.6 is 22.6 Å². The molecule has 3 rings (SSSR count). The van der Waals surface area contributed by atoms with E-state index >= 15 is 0 Å². The summed E-state index contributed by atoms with van der Waals surface area (Å²) >= 11 is 2.19. The predicted octanol–water partition coefficient (Wildman–Crippen LogP) is 4.19. The van der Waals surface area contributed by atoms with E-state index in [2.05, 4.69) is 27.6 Å². The van der Waals surface area contributed by atoms with Gasteiger partial charge in [0.05, 0.1) is 12.9 Å². The Bertz CT molecular complexity index is 898. The number of amides is 1. The minimum atomic E-state index is -1.02. The zero-order chi connectivity index (χ0) is 19.4. The molecule has 0 aliphatic heterocycles. The van der Waals surface area contributed by atoms with Crippen molar-refractivity contribution in [3.63, 3.8) is 0 Å². The lowest BCUT2D eigenvalue weighted by molar-refractivity contribution is -0.0516. The average molecular weight is 479 g/mol. The first kappa shape index (κ1) is 19.3. The molecule has 1 heterocycles. The summed E-state index contributed by atoms with van der Waals surface area (Å²) in [5.41, 5.74) is -0.448. The van der Waals surface area contributed by atoms with Crippen LogP contribution in [0.15, 0.2) is 67.3 Å². The molecule has 0 spiro atoms. The van der Waals surface area contributed by atoms with E-state index in [-0.39, 0.29) is 11.7 Å². The van der Waals surface area contributed by atoms with Crippen LogP contribution in [0.2, 0.25) is 0 Å². The summed E-state index contributed by atoms with van der Waals surface area (Å²) < 4.78 is 22.3. The number of likely N-dealkylation sites (N-methyl/N-ethyl adjacent to an activating group) is 1. The fourth-order valence-electron chi connectivity index (χ4n) is 2.68. The third-order valence-electron chi connectivity index (χ3n) is 4.29. The van der Waals surface area contributed by atoms with Gasteiger partial charge in [-0.2, -0.15) is 0 Å². The minimum absolute atomic E-state index is 0.170. The number of hydrogen-bond acceptors (Lipinski definition) is 3. The Labute approximate surface area is 170 Å². The van der Waals surface area contributed by atoms with E-state index in [4.69, 9.17) is 4.74 Å². The van der Waals surface area contributed by atoms with Gasteiger partial charge >= 0.3 is 0 Å². The SMILES string of the molecule is CN(C(=O)c1ccc(I)cc1)C(C)(Cn1ccnc1)Oc1ccc(F)cc1. The fourth-order valence-corrected chi connectivity index (χ4v) is 3.04. The summed E-state index contributed by atoms with van der Waals surface area (Å²) in [5.74, 6) is -0.0422. The van der Waals surface area contributed by atoms with E-state index in [1.807, 2.05) is 23.6 Å². The molecule has 2 aromatic carbocycles. The number of carbonyl (C=O) groups is 1. The Hall–Kier alpha value is -2.42. The second-order valence-corrected chi connectivity index (χ2v) is 7.58. The van der Waals surface area contributed by atoms with Crippen molar-refractivity contribution in [2.45, 2.75) is 19.2 Å². The number of imidazole rings is 1. The molecule has 0 saturated heterocycles. The highest BCUT2D eigenvalue weighted by Gasteiger charge is 2.36. The summed E-state index contributed by atoms with van der Waals surface area (Å²) in [6.45, 7) is 2.18. The maximum absolute atomic E-state index is 13.2. The lowest BCUT2D eigenvalue weighted by Crippen LogP contribution is -2.54. The van der Waals surface area contributed by atoms with Gasteiger partial charge in [-0.25, -0.2) is 9.37 Å². The molecule has 0 fully saturated rings. The minimum Gasteiger partial charge on any atom is -0.466 e. The Balaban J connectivity index is 1.90. The summed E-state index contributed by atoms with van der Waals surface area (Å²) in [4.78, 5) is 18.6. The van der Waals surface area contributed by atoms with Crippen LogP contribution in [0.3, 0.4) is 0 Å². The van der Waals surface area contributed by atoms with Crippen LogP contribution in [0.4, 0.5) is 4.39 Å². The number of rotatable bonds is 6. The molecule has 5 nitrogen and oxygen atoms in total. The second kappa shape index (κ2) is 8.08. The van der Waals surface area contributed by atoms with Gasteiger partial charge < -0.3 is 14.2 Å². The van der Waals surface area contributed by atoms with E-state index in [0.29, 0.717) is 17.9 Å². The highest BCUT2D eigenvalue weighted by Crippen LogP contribution is 2.25. The molecular formula is C20H19FIN3O2. The number of nitrogens with zero attached hydrogens (tertiary/aromatic N) is 3. The van der Waals surface area contributed by atoms with Gasteiger partial charge in [0.15, 0.2) is 5.72 Å². The first-order valence-corrected chi connectivity index (χ1v) is 9.39. The van der Waals surface area contributed by atoms with Crippen LogP contribution in [0.25, 0.3) is 0 Å². The molecule has 0 N–H and O–H groups in total. The summed E-state index contributed by atoms with van der Waals surface area (Å²) in [5, 5.41) is 0. The predicted molar refractivity (Wildman–Crippen MR) is 109 cm³/mol. The van der Waals surface area contributed by atoms with E-state index in [1.165, 1.54) is 12.1 Å². The maximum atomic E-state index is 13.2. The maximum Gasteiger partial charge on any atom is 0.256 e. The van der Waals surface area contributed by atoms with Gasteiger partial charge in [0.1, 0.15) is 11.6 Å². The van der Waals surface area contributed by atoms with Crippen molar-refractivity contribution in [3.8, 4) is 5.75 Å². The van der Waals surface area contributed by atoms with Crippen molar-refractivity contribution >= 4 is 28.5 Å². The highest BCUT2D eigenvalue weighted by molar-refractivity contribution is 14.1. The second-order valence-electron chi connectivity index (χ2n) is 6.34.